The molecule has 1 unspecified atom stereocenters. The van der Waals surface area contributed by atoms with Gasteiger partial charge in [-0.2, -0.15) is 0 Å². The maximum atomic E-state index is 11.4. The highest BCUT2D eigenvalue weighted by Gasteiger charge is 2.18. The van der Waals surface area contributed by atoms with E-state index in [1.54, 1.807) is 6.92 Å². The SMILES string of the molecule is CNS(=O)(=O)C(C)Cc1ccccc1. The van der Waals surface area contributed by atoms with E-state index in [-0.39, 0.29) is 0 Å². The molecule has 1 aromatic carbocycles. The summed E-state index contributed by atoms with van der Waals surface area (Å²) in [7, 11) is -1.71. The van der Waals surface area contributed by atoms with Gasteiger partial charge in [-0.3, -0.25) is 0 Å². The van der Waals surface area contributed by atoms with Gasteiger partial charge in [0.2, 0.25) is 10.0 Å². The van der Waals surface area contributed by atoms with Gasteiger partial charge in [-0.05, 0) is 26.0 Å². The van der Waals surface area contributed by atoms with Gasteiger partial charge in [-0.25, -0.2) is 13.1 Å². The summed E-state index contributed by atoms with van der Waals surface area (Å²) in [6, 6.07) is 9.60. The van der Waals surface area contributed by atoms with Gasteiger partial charge in [0, 0.05) is 0 Å². The Balaban J connectivity index is 2.72. The van der Waals surface area contributed by atoms with Crippen LogP contribution in [0.25, 0.3) is 0 Å². The van der Waals surface area contributed by atoms with Crippen LogP contribution in [0.1, 0.15) is 12.5 Å². The predicted octanol–water partition coefficient (Wildman–Crippen LogP) is 1.17. The molecule has 1 aromatic rings. The molecule has 4 heteroatoms. The summed E-state index contributed by atoms with van der Waals surface area (Å²) in [6.45, 7) is 1.71. The molecule has 1 N–H and O–H groups in total. The second kappa shape index (κ2) is 4.57. The highest BCUT2D eigenvalue weighted by Crippen LogP contribution is 2.08. The molecule has 3 nitrogen and oxygen atoms in total. The Kier molecular flexibility index (Phi) is 3.66. The van der Waals surface area contributed by atoms with Crippen molar-refractivity contribution in [2.75, 3.05) is 7.05 Å². The number of benzene rings is 1. The average Bonchev–Trinajstić information content (AvgIpc) is 2.19. The Bertz CT molecular complexity index is 372. The molecule has 78 valence electrons. The third-order valence-corrected chi connectivity index (χ3v) is 3.98. The van der Waals surface area contributed by atoms with Crippen molar-refractivity contribution in [1.82, 2.24) is 4.72 Å². The zero-order valence-corrected chi connectivity index (χ0v) is 9.21. The average molecular weight is 213 g/mol. The fourth-order valence-electron chi connectivity index (χ4n) is 1.26. The lowest BCUT2D eigenvalue weighted by atomic mass is 10.1. The van der Waals surface area contributed by atoms with Crippen molar-refractivity contribution in [2.24, 2.45) is 0 Å². The van der Waals surface area contributed by atoms with Gasteiger partial charge in [0.25, 0.3) is 0 Å². The quantitative estimate of drug-likeness (QED) is 0.816. The zero-order chi connectivity index (χ0) is 10.6. The fraction of sp³-hybridized carbons (Fsp3) is 0.400. The van der Waals surface area contributed by atoms with Gasteiger partial charge in [0.1, 0.15) is 0 Å². The molecule has 0 aliphatic heterocycles. The maximum Gasteiger partial charge on any atom is 0.214 e. The van der Waals surface area contributed by atoms with Crippen LogP contribution < -0.4 is 4.72 Å². The first kappa shape index (κ1) is 11.2. The Morgan fingerprint density at radius 3 is 2.36 bits per heavy atom. The fourth-order valence-corrected chi connectivity index (χ4v) is 2.07. The minimum atomic E-state index is -3.15. The third kappa shape index (κ3) is 2.82. The van der Waals surface area contributed by atoms with Gasteiger partial charge < -0.3 is 0 Å². The first-order valence-corrected chi connectivity index (χ1v) is 6.07. The van der Waals surface area contributed by atoms with Crippen LogP contribution in [-0.4, -0.2) is 20.7 Å². The molecule has 0 heterocycles. The molecule has 0 bridgehead atoms. The molecule has 0 radical (unpaired) electrons. The minimum absolute atomic E-state index is 0.394. The summed E-state index contributed by atoms with van der Waals surface area (Å²) in [4.78, 5) is 0. The van der Waals surface area contributed by atoms with E-state index in [2.05, 4.69) is 4.72 Å². The predicted molar refractivity (Wildman–Crippen MR) is 57.6 cm³/mol. The summed E-state index contributed by atoms with van der Waals surface area (Å²) in [5, 5.41) is -0.394. The van der Waals surface area contributed by atoms with Crippen LogP contribution in [0.3, 0.4) is 0 Å². The van der Waals surface area contributed by atoms with E-state index in [9.17, 15) is 8.42 Å². The van der Waals surface area contributed by atoms with E-state index in [1.807, 2.05) is 30.3 Å². The molecule has 0 aliphatic carbocycles. The van der Waals surface area contributed by atoms with E-state index in [0.29, 0.717) is 6.42 Å². The van der Waals surface area contributed by atoms with Crippen molar-refractivity contribution >= 4 is 10.0 Å². The van der Waals surface area contributed by atoms with Gasteiger partial charge in [-0.15, -0.1) is 0 Å². The lowest BCUT2D eigenvalue weighted by molar-refractivity contribution is 0.574. The van der Waals surface area contributed by atoms with E-state index >= 15 is 0 Å². The third-order valence-electron chi connectivity index (χ3n) is 2.18. The smallest absolute Gasteiger partial charge is 0.214 e. The molecule has 14 heavy (non-hydrogen) atoms. The molecular formula is C10H15NO2S. The lowest BCUT2D eigenvalue weighted by Crippen LogP contribution is -2.30. The van der Waals surface area contributed by atoms with Gasteiger partial charge in [0.05, 0.1) is 5.25 Å². The second-order valence-corrected chi connectivity index (χ2v) is 5.55. The standard InChI is InChI=1S/C10H15NO2S/c1-9(14(12,13)11-2)8-10-6-4-3-5-7-10/h3-7,9,11H,8H2,1-2H3. The number of hydrogen-bond acceptors (Lipinski definition) is 2. The van der Waals surface area contributed by atoms with Crippen LogP contribution in [0.5, 0.6) is 0 Å². The molecule has 0 spiro atoms. The first-order chi connectivity index (χ1) is 6.56. The summed E-state index contributed by atoms with van der Waals surface area (Å²) in [5.41, 5.74) is 1.04. The van der Waals surface area contributed by atoms with E-state index in [1.165, 1.54) is 7.05 Å². The molecule has 0 aromatic heterocycles. The van der Waals surface area contributed by atoms with Crippen LogP contribution in [0.4, 0.5) is 0 Å². The van der Waals surface area contributed by atoms with Crippen LogP contribution in [0.2, 0.25) is 0 Å². The number of nitrogens with one attached hydrogen (secondary N) is 1. The first-order valence-electron chi connectivity index (χ1n) is 4.52. The zero-order valence-electron chi connectivity index (χ0n) is 8.40. The highest BCUT2D eigenvalue weighted by molar-refractivity contribution is 7.90. The van der Waals surface area contributed by atoms with Crippen molar-refractivity contribution in [3.63, 3.8) is 0 Å². The molecule has 0 amide bonds. The number of rotatable bonds is 4. The Labute approximate surface area is 85.2 Å². The molecule has 0 saturated heterocycles. The van der Waals surface area contributed by atoms with E-state index in [4.69, 9.17) is 0 Å². The molecule has 0 aliphatic rings. The topological polar surface area (TPSA) is 46.2 Å². The van der Waals surface area contributed by atoms with Gasteiger partial charge >= 0.3 is 0 Å². The molecule has 1 atom stereocenters. The minimum Gasteiger partial charge on any atom is -0.218 e. The van der Waals surface area contributed by atoms with Crippen molar-refractivity contribution in [1.29, 1.82) is 0 Å². The summed E-state index contributed by atoms with van der Waals surface area (Å²) in [6.07, 6.45) is 0.546. The molecule has 0 fully saturated rings. The summed E-state index contributed by atoms with van der Waals surface area (Å²) < 4.78 is 25.1. The molecular weight excluding hydrogens is 198 g/mol. The van der Waals surface area contributed by atoms with Crippen molar-refractivity contribution in [3.05, 3.63) is 35.9 Å². The number of hydrogen-bond donors (Lipinski definition) is 1. The van der Waals surface area contributed by atoms with Crippen molar-refractivity contribution in [3.8, 4) is 0 Å². The van der Waals surface area contributed by atoms with Gasteiger partial charge in [0.15, 0.2) is 0 Å². The summed E-state index contributed by atoms with van der Waals surface area (Å²) in [5.74, 6) is 0. The van der Waals surface area contributed by atoms with E-state index in [0.717, 1.165) is 5.56 Å². The Hall–Kier alpha value is -0.870. The van der Waals surface area contributed by atoms with Crippen molar-refractivity contribution in [2.45, 2.75) is 18.6 Å². The van der Waals surface area contributed by atoms with Crippen LogP contribution in [0.15, 0.2) is 30.3 Å². The van der Waals surface area contributed by atoms with Crippen LogP contribution in [-0.2, 0) is 16.4 Å². The van der Waals surface area contributed by atoms with Crippen LogP contribution in [0, 0.1) is 0 Å². The van der Waals surface area contributed by atoms with Gasteiger partial charge in [-0.1, -0.05) is 30.3 Å². The van der Waals surface area contributed by atoms with Crippen molar-refractivity contribution < 1.29 is 8.42 Å². The number of sulfonamides is 1. The maximum absolute atomic E-state index is 11.4. The molecule has 1 rings (SSSR count). The normalized spacial score (nSPS) is 13.9. The van der Waals surface area contributed by atoms with Crippen LogP contribution >= 0.6 is 0 Å². The Morgan fingerprint density at radius 2 is 1.86 bits per heavy atom. The monoisotopic (exact) mass is 213 g/mol. The molecule has 0 saturated carbocycles. The van der Waals surface area contributed by atoms with E-state index < -0.39 is 15.3 Å². The lowest BCUT2D eigenvalue weighted by Gasteiger charge is -2.11. The largest absolute Gasteiger partial charge is 0.218 e. The highest BCUT2D eigenvalue weighted by atomic mass is 32.2. The second-order valence-electron chi connectivity index (χ2n) is 3.25. The Morgan fingerprint density at radius 1 is 1.29 bits per heavy atom. The summed E-state index contributed by atoms with van der Waals surface area (Å²) >= 11 is 0.